The van der Waals surface area contributed by atoms with E-state index in [1.807, 2.05) is 24.3 Å². The Kier molecular flexibility index (Phi) is 9.74. The number of carbonyl (C=O) groups excluding carboxylic acids is 3. The van der Waals surface area contributed by atoms with Crippen molar-refractivity contribution in [3.63, 3.8) is 0 Å². The van der Waals surface area contributed by atoms with Crippen LogP contribution in [0.2, 0.25) is 0 Å². The summed E-state index contributed by atoms with van der Waals surface area (Å²) in [5.41, 5.74) is 3.11. The van der Waals surface area contributed by atoms with E-state index in [0.29, 0.717) is 29.2 Å². The van der Waals surface area contributed by atoms with E-state index in [0.717, 1.165) is 28.4 Å². The number of nitrogens with zero attached hydrogens (tertiary/aromatic N) is 1. The molecule has 0 aliphatic carbocycles. The third kappa shape index (κ3) is 7.92. The first-order chi connectivity index (χ1) is 18.8. The van der Waals surface area contributed by atoms with Crippen molar-refractivity contribution in [1.29, 1.82) is 0 Å². The molecule has 0 saturated carbocycles. The first kappa shape index (κ1) is 28.3. The maximum absolute atomic E-state index is 12.9. The van der Waals surface area contributed by atoms with Gasteiger partial charge in [-0.2, -0.15) is 0 Å². The number of methoxy groups -OCH3 is 1. The highest BCUT2D eigenvalue weighted by Crippen LogP contribution is 2.38. The lowest BCUT2D eigenvalue weighted by molar-refractivity contribution is -0.138. The van der Waals surface area contributed by atoms with Crippen LogP contribution in [-0.2, 0) is 38.6 Å². The van der Waals surface area contributed by atoms with Crippen molar-refractivity contribution in [1.82, 2.24) is 4.90 Å². The van der Waals surface area contributed by atoms with E-state index < -0.39 is 17.8 Å². The van der Waals surface area contributed by atoms with E-state index in [4.69, 9.17) is 9.84 Å². The number of rotatable bonds is 11. The van der Waals surface area contributed by atoms with Gasteiger partial charge in [0.1, 0.15) is 5.00 Å². The lowest BCUT2D eigenvalue weighted by Crippen LogP contribution is -2.29. The van der Waals surface area contributed by atoms with Gasteiger partial charge in [0.2, 0.25) is 11.8 Å². The Morgan fingerprint density at radius 1 is 1.03 bits per heavy atom. The Morgan fingerprint density at radius 2 is 1.82 bits per heavy atom. The quantitative estimate of drug-likeness (QED) is 0.226. The van der Waals surface area contributed by atoms with E-state index in [1.54, 1.807) is 18.2 Å². The largest absolute Gasteiger partial charge is 0.481 e. The molecule has 4 rings (SSSR count). The standard InChI is InChI=1S/C28H29N3O6S2/c1-37-28(36)26-21-12-13-31(15-18-6-3-2-4-7-18)16-22(21)39-27(26)30-24(33)17-38-20-9-5-8-19(14-20)29-23(32)10-11-25(34)35/h2-9,14H,10-13,15-17H2,1H3,(H,29,32)(H,30,33)(H,34,35). The molecule has 1 aliphatic rings. The van der Waals surface area contributed by atoms with Gasteiger partial charge in [0.15, 0.2) is 0 Å². The van der Waals surface area contributed by atoms with Crippen LogP contribution in [0.15, 0.2) is 59.5 Å². The van der Waals surface area contributed by atoms with Crippen LogP contribution >= 0.6 is 23.1 Å². The summed E-state index contributed by atoms with van der Waals surface area (Å²) in [5.74, 6) is -2.05. The van der Waals surface area contributed by atoms with Gasteiger partial charge < -0.3 is 20.5 Å². The summed E-state index contributed by atoms with van der Waals surface area (Å²) < 4.78 is 5.04. The SMILES string of the molecule is COC(=O)c1c(NC(=O)CSc2cccc(NC(=O)CCC(=O)O)c2)sc2c1CCN(Cc1ccccc1)C2. The molecule has 2 amide bonds. The summed E-state index contributed by atoms with van der Waals surface area (Å²) in [7, 11) is 1.34. The van der Waals surface area contributed by atoms with Gasteiger partial charge >= 0.3 is 11.9 Å². The Hall–Kier alpha value is -3.67. The predicted octanol–water partition coefficient (Wildman–Crippen LogP) is 4.63. The number of carboxylic acids is 1. The summed E-state index contributed by atoms with van der Waals surface area (Å²) in [6.07, 6.45) is 0.330. The highest BCUT2D eigenvalue weighted by molar-refractivity contribution is 8.00. The number of anilines is 2. The predicted molar refractivity (Wildman–Crippen MR) is 151 cm³/mol. The number of thioether (sulfide) groups is 1. The smallest absolute Gasteiger partial charge is 0.341 e. The monoisotopic (exact) mass is 567 g/mol. The van der Waals surface area contributed by atoms with Crippen LogP contribution in [0.25, 0.3) is 0 Å². The van der Waals surface area contributed by atoms with Crippen LogP contribution in [0.3, 0.4) is 0 Å². The molecule has 0 spiro atoms. The Morgan fingerprint density at radius 3 is 2.56 bits per heavy atom. The van der Waals surface area contributed by atoms with Crippen molar-refractivity contribution in [3.05, 3.63) is 76.2 Å². The van der Waals surface area contributed by atoms with Crippen LogP contribution in [0.1, 0.15) is 39.2 Å². The van der Waals surface area contributed by atoms with Crippen molar-refractivity contribution in [2.75, 3.05) is 30.0 Å². The number of benzene rings is 2. The molecule has 0 atom stereocenters. The van der Waals surface area contributed by atoms with Crippen LogP contribution in [0.5, 0.6) is 0 Å². The minimum absolute atomic E-state index is 0.0969. The molecule has 39 heavy (non-hydrogen) atoms. The summed E-state index contributed by atoms with van der Waals surface area (Å²) >= 11 is 2.70. The summed E-state index contributed by atoms with van der Waals surface area (Å²) in [6.45, 7) is 2.30. The lowest BCUT2D eigenvalue weighted by Gasteiger charge is -2.27. The number of hydrogen-bond donors (Lipinski definition) is 3. The fourth-order valence-electron chi connectivity index (χ4n) is 4.26. The number of aliphatic carboxylic acids is 1. The highest BCUT2D eigenvalue weighted by Gasteiger charge is 2.29. The van der Waals surface area contributed by atoms with Crippen molar-refractivity contribution >= 4 is 57.5 Å². The van der Waals surface area contributed by atoms with Gasteiger partial charge in [0.25, 0.3) is 0 Å². The third-order valence-corrected chi connectivity index (χ3v) is 8.21. The number of ether oxygens (including phenoxy) is 1. The fraction of sp³-hybridized carbons (Fsp3) is 0.286. The second kappa shape index (κ2) is 13.4. The molecular formula is C28H29N3O6S2. The molecule has 9 nitrogen and oxygen atoms in total. The second-order valence-electron chi connectivity index (χ2n) is 8.95. The Balaban J connectivity index is 1.38. The number of hydrogen-bond acceptors (Lipinski definition) is 8. The molecule has 0 radical (unpaired) electrons. The zero-order valence-corrected chi connectivity index (χ0v) is 23.0. The van der Waals surface area contributed by atoms with Gasteiger partial charge in [-0.1, -0.05) is 36.4 Å². The molecule has 1 aliphatic heterocycles. The molecule has 11 heteroatoms. The molecule has 3 N–H and O–H groups in total. The van der Waals surface area contributed by atoms with Gasteiger partial charge in [-0.15, -0.1) is 23.1 Å². The number of nitrogens with one attached hydrogen (secondary N) is 2. The van der Waals surface area contributed by atoms with Crippen LogP contribution in [0, 0.1) is 0 Å². The molecule has 204 valence electrons. The van der Waals surface area contributed by atoms with Crippen LogP contribution < -0.4 is 10.6 Å². The lowest BCUT2D eigenvalue weighted by atomic mass is 10.0. The van der Waals surface area contributed by atoms with Crippen LogP contribution in [0.4, 0.5) is 10.7 Å². The van der Waals surface area contributed by atoms with Crippen molar-refractivity contribution in [2.45, 2.75) is 37.2 Å². The molecule has 0 saturated heterocycles. The highest BCUT2D eigenvalue weighted by atomic mass is 32.2. The van der Waals surface area contributed by atoms with E-state index in [9.17, 15) is 19.2 Å². The van der Waals surface area contributed by atoms with E-state index >= 15 is 0 Å². The number of fused-ring (bicyclic) bond motifs is 1. The van der Waals surface area contributed by atoms with E-state index in [-0.39, 0.29) is 24.5 Å². The molecule has 2 heterocycles. The number of carboxylic acid groups (broad SMARTS) is 1. The first-order valence-corrected chi connectivity index (χ1v) is 14.2. The maximum Gasteiger partial charge on any atom is 0.341 e. The van der Waals surface area contributed by atoms with Gasteiger partial charge in [-0.25, -0.2) is 4.79 Å². The molecule has 3 aromatic rings. The summed E-state index contributed by atoms with van der Waals surface area (Å²) in [5, 5.41) is 14.8. The Bertz CT molecular complexity index is 1360. The van der Waals surface area contributed by atoms with E-state index in [1.165, 1.54) is 35.8 Å². The summed E-state index contributed by atoms with van der Waals surface area (Å²) in [4.78, 5) is 52.2. The minimum Gasteiger partial charge on any atom is -0.481 e. The van der Waals surface area contributed by atoms with Gasteiger partial charge in [-0.3, -0.25) is 19.3 Å². The fourth-order valence-corrected chi connectivity index (χ4v) is 6.31. The van der Waals surface area contributed by atoms with Crippen LogP contribution in [-0.4, -0.2) is 53.2 Å². The zero-order valence-electron chi connectivity index (χ0n) is 21.4. The molecule has 0 unspecified atom stereocenters. The van der Waals surface area contributed by atoms with Gasteiger partial charge in [0.05, 0.1) is 24.8 Å². The van der Waals surface area contributed by atoms with Crippen molar-refractivity contribution in [2.24, 2.45) is 0 Å². The van der Waals surface area contributed by atoms with Crippen molar-refractivity contribution < 1.29 is 29.0 Å². The zero-order chi connectivity index (χ0) is 27.8. The van der Waals surface area contributed by atoms with Gasteiger partial charge in [-0.05, 0) is 35.7 Å². The second-order valence-corrected chi connectivity index (χ2v) is 11.1. The average Bonchev–Trinajstić information content (AvgIpc) is 3.28. The number of esters is 1. The number of amides is 2. The van der Waals surface area contributed by atoms with Crippen molar-refractivity contribution in [3.8, 4) is 0 Å². The normalized spacial score (nSPS) is 12.8. The first-order valence-electron chi connectivity index (χ1n) is 12.4. The van der Waals surface area contributed by atoms with Gasteiger partial charge in [0, 0.05) is 41.5 Å². The molecule has 2 aromatic carbocycles. The topological polar surface area (TPSA) is 125 Å². The molecule has 0 bridgehead atoms. The molecule has 0 fully saturated rings. The maximum atomic E-state index is 12.9. The summed E-state index contributed by atoms with van der Waals surface area (Å²) in [6, 6.07) is 17.2. The number of thiophene rings is 1. The number of carbonyl (C=O) groups is 4. The van der Waals surface area contributed by atoms with E-state index in [2.05, 4.69) is 27.7 Å². The minimum atomic E-state index is -1.04. The molecular weight excluding hydrogens is 538 g/mol. The third-order valence-electron chi connectivity index (χ3n) is 6.08. The Labute approximate surface area is 234 Å². The molecule has 1 aromatic heterocycles. The average molecular weight is 568 g/mol.